The summed E-state index contributed by atoms with van der Waals surface area (Å²) in [6.45, 7) is 8.47. The molecule has 0 bridgehead atoms. The molecule has 0 saturated heterocycles. The molecule has 2 unspecified atom stereocenters. The molecule has 0 aliphatic carbocycles. The predicted octanol–water partition coefficient (Wildman–Crippen LogP) is 2.71. The molecule has 3 nitrogen and oxygen atoms in total. The second-order valence-corrected chi connectivity index (χ2v) is 4.37. The molecule has 1 heterocycles. The number of furan rings is 1. The Morgan fingerprint density at radius 1 is 1.44 bits per heavy atom. The van der Waals surface area contributed by atoms with Crippen LogP contribution in [0.5, 0.6) is 0 Å². The molecule has 1 aromatic rings. The van der Waals surface area contributed by atoms with E-state index in [-0.39, 0.29) is 12.6 Å². The van der Waals surface area contributed by atoms with Crippen molar-refractivity contribution in [2.45, 2.75) is 52.6 Å². The first-order valence-corrected chi connectivity index (χ1v) is 6.02. The summed E-state index contributed by atoms with van der Waals surface area (Å²) in [5, 5.41) is 12.5. The van der Waals surface area contributed by atoms with Gasteiger partial charge in [0.2, 0.25) is 0 Å². The summed E-state index contributed by atoms with van der Waals surface area (Å²) >= 11 is 0. The van der Waals surface area contributed by atoms with Crippen molar-refractivity contribution in [3.8, 4) is 0 Å². The molecule has 16 heavy (non-hydrogen) atoms. The molecule has 0 spiro atoms. The largest absolute Gasteiger partial charge is 0.466 e. The highest BCUT2D eigenvalue weighted by molar-refractivity contribution is 5.23. The monoisotopic (exact) mass is 225 g/mol. The molecule has 2 atom stereocenters. The van der Waals surface area contributed by atoms with E-state index in [1.54, 1.807) is 0 Å². The lowest BCUT2D eigenvalue weighted by molar-refractivity contribution is 0.257. The van der Waals surface area contributed by atoms with Crippen LogP contribution in [-0.2, 0) is 0 Å². The highest BCUT2D eigenvalue weighted by Crippen LogP contribution is 2.22. The van der Waals surface area contributed by atoms with Gasteiger partial charge in [-0.2, -0.15) is 0 Å². The minimum absolute atomic E-state index is 0.238. The van der Waals surface area contributed by atoms with E-state index in [0.717, 1.165) is 24.4 Å². The molecular weight excluding hydrogens is 202 g/mol. The lowest BCUT2D eigenvalue weighted by Gasteiger charge is -2.21. The van der Waals surface area contributed by atoms with E-state index in [2.05, 4.69) is 25.2 Å². The van der Waals surface area contributed by atoms with E-state index in [9.17, 15) is 0 Å². The van der Waals surface area contributed by atoms with Gasteiger partial charge in [-0.25, -0.2) is 0 Å². The summed E-state index contributed by atoms with van der Waals surface area (Å²) in [4.78, 5) is 0. The summed E-state index contributed by atoms with van der Waals surface area (Å²) in [6.07, 6.45) is 1.83. The Morgan fingerprint density at radius 2 is 2.12 bits per heavy atom. The molecule has 1 aromatic heterocycles. The first kappa shape index (κ1) is 13.3. The second kappa shape index (κ2) is 6.06. The predicted molar refractivity (Wildman–Crippen MR) is 65.5 cm³/mol. The van der Waals surface area contributed by atoms with Gasteiger partial charge in [0.1, 0.15) is 11.5 Å². The van der Waals surface area contributed by atoms with E-state index in [0.29, 0.717) is 6.04 Å². The minimum atomic E-state index is 0.238. The number of aryl methyl sites for hydroxylation is 2. The van der Waals surface area contributed by atoms with Crippen molar-refractivity contribution >= 4 is 0 Å². The third kappa shape index (κ3) is 3.35. The van der Waals surface area contributed by atoms with Crippen molar-refractivity contribution in [3.05, 3.63) is 23.2 Å². The van der Waals surface area contributed by atoms with Crippen LogP contribution in [-0.4, -0.2) is 17.8 Å². The van der Waals surface area contributed by atoms with Gasteiger partial charge in [-0.1, -0.05) is 6.92 Å². The van der Waals surface area contributed by atoms with E-state index in [1.165, 1.54) is 5.56 Å². The summed E-state index contributed by atoms with van der Waals surface area (Å²) in [5.74, 6) is 1.94. The molecule has 0 aliphatic heterocycles. The number of nitrogens with one attached hydrogen (secondary N) is 1. The average Bonchev–Trinajstić information content (AvgIpc) is 2.57. The van der Waals surface area contributed by atoms with Crippen molar-refractivity contribution in [1.29, 1.82) is 0 Å². The fourth-order valence-electron chi connectivity index (χ4n) is 2.08. The standard InChI is InChI=1S/C13H23NO2/c1-5-12(6-7-15)14-10(3)13-8-9(2)16-11(13)4/h8,10,12,14-15H,5-7H2,1-4H3. The van der Waals surface area contributed by atoms with Crippen LogP contribution < -0.4 is 5.32 Å². The Balaban J connectivity index is 2.63. The van der Waals surface area contributed by atoms with Crippen LogP contribution in [0.1, 0.15) is 49.8 Å². The average molecular weight is 225 g/mol. The molecule has 92 valence electrons. The van der Waals surface area contributed by atoms with E-state index < -0.39 is 0 Å². The van der Waals surface area contributed by atoms with Gasteiger partial charge in [-0.05, 0) is 39.7 Å². The van der Waals surface area contributed by atoms with E-state index >= 15 is 0 Å². The van der Waals surface area contributed by atoms with E-state index in [1.807, 2.05) is 13.8 Å². The molecule has 0 aliphatic rings. The number of hydrogen-bond donors (Lipinski definition) is 2. The quantitative estimate of drug-likeness (QED) is 0.782. The molecule has 2 N–H and O–H groups in total. The minimum Gasteiger partial charge on any atom is -0.466 e. The van der Waals surface area contributed by atoms with Crippen molar-refractivity contribution in [2.75, 3.05) is 6.61 Å². The lowest BCUT2D eigenvalue weighted by atomic mass is 10.1. The first-order chi connectivity index (χ1) is 7.58. The summed E-state index contributed by atoms with van der Waals surface area (Å²) in [7, 11) is 0. The molecule has 3 heteroatoms. The zero-order valence-electron chi connectivity index (χ0n) is 10.7. The molecule has 0 fully saturated rings. The molecule has 1 rings (SSSR count). The smallest absolute Gasteiger partial charge is 0.105 e. The van der Waals surface area contributed by atoms with Crippen LogP contribution in [0.15, 0.2) is 10.5 Å². The Morgan fingerprint density at radius 3 is 2.56 bits per heavy atom. The van der Waals surface area contributed by atoms with Crippen LogP contribution in [0.3, 0.4) is 0 Å². The maximum Gasteiger partial charge on any atom is 0.105 e. The van der Waals surface area contributed by atoms with Gasteiger partial charge in [0.05, 0.1) is 0 Å². The van der Waals surface area contributed by atoms with Gasteiger partial charge in [0.15, 0.2) is 0 Å². The highest BCUT2D eigenvalue weighted by Gasteiger charge is 2.15. The Labute approximate surface area is 97.9 Å². The highest BCUT2D eigenvalue weighted by atomic mass is 16.3. The zero-order chi connectivity index (χ0) is 12.1. The van der Waals surface area contributed by atoms with Gasteiger partial charge in [0.25, 0.3) is 0 Å². The third-order valence-corrected chi connectivity index (χ3v) is 3.00. The molecule has 0 amide bonds. The molecule has 0 saturated carbocycles. The van der Waals surface area contributed by atoms with Crippen molar-refractivity contribution < 1.29 is 9.52 Å². The fraction of sp³-hybridized carbons (Fsp3) is 0.692. The Bertz CT molecular complexity index is 320. The van der Waals surface area contributed by atoms with Gasteiger partial charge < -0.3 is 14.8 Å². The number of hydrogen-bond acceptors (Lipinski definition) is 3. The molecule has 0 radical (unpaired) electrons. The van der Waals surface area contributed by atoms with Crippen LogP contribution >= 0.6 is 0 Å². The maximum absolute atomic E-state index is 8.95. The first-order valence-electron chi connectivity index (χ1n) is 6.02. The van der Waals surface area contributed by atoms with Gasteiger partial charge in [0, 0.05) is 24.3 Å². The number of rotatable bonds is 6. The van der Waals surface area contributed by atoms with Crippen molar-refractivity contribution in [1.82, 2.24) is 5.32 Å². The number of aliphatic hydroxyl groups is 1. The molecular formula is C13H23NO2. The molecule has 0 aromatic carbocycles. The lowest BCUT2D eigenvalue weighted by Crippen LogP contribution is -2.31. The van der Waals surface area contributed by atoms with Gasteiger partial charge >= 0.3 is 0 Å². The fourth-order valence-corrected chi connectivity index (χ4v) is 2.08. The van der Waals surface area contributed by atoms with Crippen LogP contribution in [0.2, 0.25) is 0 Å². The third-order valence-electron chi connectivity index (χ3n) is 3.00. The van der Waals surface area contributed by atoms with Gasteiger partial charge in [-0.3, -0.25) is 0 Å². The number of aliphatic hydroxyl groups excluding tert-OH is 1. The summed E-state index contributed by atoms with van der Waals surface area (Å²) in [5.41, 5.74) is 1.22. The summed E-state index contributed by atoms with van der Waals surface area (Å²) < 4.78 is 5.52. The SMILES string of the molecule is CCC(CCO)NC(C)c1cc(C)oc1C. The van der Waals surface area contributed by atoms with Crippen LogP contribution in [0, 0.1) is 13.8 Å². The Hall–Kier alpha value is -0.800. The van der Waals surface area contributed by atoms with E-state index in [4.69, 9.17) is 9.52 Å². The zero-order valence-corrected chi connectivity index (χ0v) is 10.7. The summed E-state index contributed by atoms with van der Waals surface area (Å²) in [6, 6.07) is 2.72. The van der Waals surface area contributed by atoms with Crippen LogP contribution in [0.25, 0.3) is 0 Å². The van der Waals surface area contributed by atoms with Crippen LogP contribution in [0.4, 0.5) is 0 Å². The second-order valence-electron chi connectivity index (χ2n) is 4.37. The normalized spacial score (nSPS) is 15.1. The topological polar surface area (TPSA) is 45.4 Å². The maximum atomic E-state index is 8.95. The van der Waals surface area contributed by atoms with Gasteiger partial charge in [-0.15, -0.1) is 0 Å². The van der Waals surface area contributed by atoms with Crippen molar-refractivity contribution in [2.24, 2.45) is 0 Å². The van der Waals surface area contributed by atoms with Crippen molar-refractivity contribution in [3.63, 3.8) is 0 Å². The Kier molecular flexibility index (Phi) is 5.03.